The molecule has 0 rings (SSSR count). The highest BCUT2D eigenvalue weighted by Gasteiger charge is 2.40. The lowest BCUT2D eigenvalue weighted by molar-refractivity contribution is -0.154. The molecule has 0 amide bonds. The van der Waals surface area contributed by atoms with Crippen LogP contribution in [0, 0.1) is 11.8 Å². The van der Waals surface area contributed by atoms with Gasteiger partial charge in [0.05, 0.1) is 29.8 Å². The summed E-state index contributed by atoms with van der Waals surface area (Å²) in [4.78, 5) is 10.8. The molecule has 0 aromatic heterocycles. The van der Waals surface area contributed by atoms with Gasteiger partial charge in [-0.25, -0.2) is 0 Å². The van der Waals surface area contributed by atoms with Crippen LogP contribution in [0.3, 0.4) is 0 Å². The summed E-state index contributed by atoms with van der Waals surface area (Å²) in [6, 6.07) is 0. The van der Waals surface area contributed by atoms with Gasteiger partial charge in [0.1, 0.15) is 0 Å². The molecule has 0 radical (unpaired) electrons. The van der Waals surface area contributed by atoms with E-state index in [1.54, 1.807) is 0 Å². The molecule has 0 unspecified atom stereocenters. The van der Waals surface area contributed by atoms with E-state index in [2.05, 4.69) is 0 Å². The third-order valence-electron chi connectivity index (χ3n) is 3.28. The van der Waals surface area contributed by atoms with Crippen molar-refractivity contribution in [1.29, 1.82) is 0 Å². The van der Waals surface area contributed by atoms with Crippen LogP contribution >= 0.6 is 0 Å². The molecule has 0 aliphatic rings. The second-order valence-electron chi connectivity index (χ2n) is 5.33. The minimum Gasteiger partial charge on any atom is -0.481 e. The molecule has 0 aliphatic carbocycles. The summed E-state index contributed by atoms with van der Waals surface area (Å²) in [6.45, 7) is 5.62. The van der Waals surface area contributed by atoms with Gasteiger partial charge >= 0.3 is 5.97 Å². The first-order valence-electron chi connectivity index (χ1n) is 6.00. The van der Waals surface area contributed by atoms with Crippen LogP contribution < -0.4 is 0 Å². The molecule has 6 heteroatoms. The highest BCUT2D eigenvalue weighted by Crippen LogP contribution is 2.27. The molecule has 0 saturated heterocycles. The van der Waals surface area contributed by atoms with E-state index in [0.29, 0.717) is 0 Å². The van der Waals surface area contributed by atoms with Crippen LogP contribution in [0.25, 0.3) is 0 Å². The largest absolute Gasteiger partial charge is 0.481 e. The van der Waals surface area contributed by atoms with Crippen LogP contribution in [0.4, 0.5) is 0 Å². The number of aliphatic hydroxyl groups is 4. The van der Waals surface area contributed by atoms with Crippen LogP contribution in [-0.4, -0.2) is 55.4 Å². The van der Waals surface area contributed by atoms with Gasteiger partial charge in [-0.05, 0) is 20.8 Å². The summed E-state index contributed by atoms with van der Waals surface area (Å²) in [5, 5.41) is 47.8. The number of hydrogen-bond donors (Lipinski definition) is 5. The fourth-order valence-corrected chi connectivity index (χ4v) is 2.07. The first kappa shape index (κ1) is 17.3. The maximum Gasteiger partial charge on any atom is 0.308 e. The van der Waals surface area contributed by atoms with Gasteiger partial charge in [0, 0.05) is 12.3 Å². The van der Waals surface area contributed by atoms with Crippen molar-refractivity contribution < 1.29 is 30.3 Å². The summed E-state index contributed by atoms with van der Waals surface area (Å²) < 4.78 is 0. The Hall–Kier alpha value is -0.690. The van der Waals surface area contributed by atoms with Gasteiger partial charge in [-0.2, -0.15) is 0 Å². The zero-order valence-corrected chi connectivity index (χ0v) is 11.2. The Morgan fingerprint density at radius 1 is 1.17 bits per heavy atom. The molecule has 0 aromatic rings. The SMILES string of the molecule is C[C@@H]([C@H](O)[C@@H](C)C(=O)O)[C@@H](O)[C@](C)(O)C[C@@H](C)O. The molecule has 0 bridgehead atoms. The predicted molar refractivity (Wildman–Crippen MR) is 64.9 cm³/mol. The van der Waals surface area contributed by atoms with Gasteiger partial charge in [-0.1, -0.05) is 6.92 Å². The minimum atomic E-state index is -1.59. The fourth-order valence-electron chi connectivity index (χ4n) is 2.07. The molecular weight excluding hydrogens is 240 g/mol. The maximum absolute atomic E-state index is 10.8. The van der Waals surface area contributed by atoms with Gasteiger partial charge in [0.2, 0.25) is 0 Å². The van der Waals surface area contributed by atoms with Gasteiger partial charge in [0.15, 0.2) is 0 Å². The van der Waals surface area contributed by atoms with E-state index in [0.717, 1.165) is 0 Å². The van der Waals surface area contributed by atoms with Crippen molar-refractivity contribution in [2.24, 2.45) is 11.8 Å². The van der Waals surface area contributed by atoms with E-state index in [9.17, 15) is 25.2 Å². The van der Waals surface area contributed by atoms with Gasteiger partial charge in [0.25, 0.3) is 0 Å². The lowest BCUT2D eigenvalue weighted by Gasteiger charge is -2.36. The molecule has 0 spiro atoms. The number of hydrogen-bond acceptors (Lipinski definition) is 5. The third-order valence-corrected chi connectivity index (χ3v) is 3.28. The smallest absolute Gasteiger partial charge is 0.308 e. The number of rotatable bonds is 7. The first-order valence-corrected chi connectivity index (χ1v) is 6.00. The Morgan fingerprint density at radius 3 is 1.94 bits per heavy atom. The predicted octanol–water partition coefficient (Wildman–Crippen LogP) is -0.413. The Bertz CT molecular complexity index is 276. The second kappa shape index (κ2) is 6.47. The van der Waals surface area contributed by atoms with Crippen molar-refractivity contribution in [3.8, 4) is 0 Å². The first-order chi connectivity index (χ1) is 8.00. The zero-order chi connectivity index (χ0) is 14.7. The van der Waals surface area contributed by atoms with Gasteiger partial charge in [-0.15, -0.1) is 0 Å². The van der Waals surface area contributed by atoms with E-state index < -0.39 is 41.7 Å². The Morgan fingerprint density at radius 2 is 1.61 bits per heavy atom. The average molecular weight is 264 g/mol. The van der Waals surface area contributed by atoms with Crippen LogP contribution in [0.5, 0.6) is 0 Å². The van der Waals surface area contributed by atoms with Crippen LogP contribution in [0.2, 0.25) is 0 Å². The van der Waals surface area contributed by atoms with Crippen LogP contribution in [0.15, 0.2) is 0 Å². The lowest BCUT2D eigenvalue weighted by atomic mass is 9.80. The number of aliphatic carboxylic acids is 1. The lowest BCUT2D eigenvalue weighted by Crippen LogP contribution is -2.50. The normalized spacial score (nSPS) is 23.6. The Kier molecular flexibility index (Phi) is 6.22. The highest BCUT2D eigenvalue weighted by atomic mass is 16.4. The fraction of sp³-hybridized carbons (Fsp3) is 0.917. The highest BCUT2D eigenvalue weighted by molar-refractivity contribution is 5.70. The van der Waals surface area contributed by atoms with E-state index in [1.165, 1.54) is 27.7 Å². The summed E-state index contributed by atoms with van der Waals surface area (Å²) in [7, 11) is 0. The van der Waals surface area contributed by atoms with Crippen molar-refractivity contribution >= 4 is 5.97 Å². The third kappa shape index (κ3) is 4.53. The van der Waals surface area contributed by atoms with Crippen molar-refractivity contribution in [1.82, 2.24) is 0 Å². The van der Waals surface area contributed by atoms with Crippen molar-refractivity contribution in [3.05, 3.63) is 0 Å². The minimum absolute atomic E-state index is 0.0628. The molecule has 18 heavy (non-hydrogen) atoms. The summed E-state index contributed by atoms with van der Waals surface area (Å²) >= 11 is 0. The monoisotopic (exact) mass is 264 g/mol. The standard InChI is InChI=1S/C12H24O6/c1-6(13)5-12(4,18)10(15)7(2)9(14)8(3)11(16)17/h6-10,13-15,18H,5H2,1-4H3,(H,16,17)/t6-,7+,8-,9+,10-,12-/m1/s1. The summed E-state index contributed by atoms with van der Waals surface area (Å²) in [5.41, 5.74) is -1.59. The zero-order valence-electron chi connectivity index (χ0n) is 11.2. The molecule has 6 nitrogen and oxygen atoms in total. The topological polar surface area (TPSA) is 118 Å². The van der Waals surface area contributed by atoms with Crippen molar-refractivity contribution in [3.63, 3.8) is 0 Å². The van der Waals surface area contributed by atoms with Crippen LogP contribution in [-0.2, 0) is 4.79 Å². The molecule has 5 N–H and O–H groups in total. The molecule has 0 saturated carbocycles. The van der Waals surface area contributed by atoms with Crippen molar-refractivity contribution in [2.45, 2.75) is 58.0 Å². The van der Waals surface area contributed by atoms with Gasteiger partial charge in [-0.3, -0.25) is 4.79 Å². The summed E-state index contributed by atoms with van der Waals surface area (Å²) in [6.07, 6.45) is -3.48. The number of aliphatic hydroxyl groups excluding tert-OH is 3. The summed E-state index contributed by atoms with van der Waals surface area (Å²) in [5.74, 6) is -3.04. The second-order valence-corrected chi connectivity index (χ2v) is 5.33. The molecule has 6 atom stereocenters. The van der Waals surface area contributed by atoms with Crippen molar-refractivity contribution in [2.75, 3.05) is 0 Å². The Labute approximate surface area is 107 Å². The molecule has 0 fully saturated rings. The maximum atomic E-state index is 10.8. The average Bonchev–Trinajstić information content (AvgIpc) is 2.22. The molecule has 108 valence electrons. The van der Waals surface area contributed by atoms with E-state index in [1.807, 2.05) is 0 Å². The molecule has 0 heterocycles. The van der Waals surface area contributed by atoms with E-state index in [4.69, 9.17) is 5.11 Å². The van der Waals surface area contributed by atoms with E-state index >= 15 is 0 Å². The molecule has 0 aliphatic heterocycles. The molecular formula is C12H24O6. The quantitative estimate of drug-likeness (QED) is 0.426. The van der Waals surface area contributed by atoms with Gasteiger partial charge < -0.3 is 25.5 Å². The number of carboxylic acid groups (broad SMARTS) is 1. The Balaban J connectivity index is 4.77. The molecule has 0 aromatic carbocycles. The van der Waals surface area contributed by atoms with E-state index in [-0.39, 0.29) is 6.42 Å². The number of carboxylic acids is 1. The van der Waals surface area contributed by atoms with Crippen LogP contribution in [0.1, 0.15) is 34.1 Å². The number of carbonyl (C=O) groups is 1.